The Morgan fingerprint density at radius 1 is 0.735 bits per heavy atom. The van der Waals surface area contributed by atoms with Crippen molar-refractivity contribution >= 4 is 12.2 Å². The molecule has 1 aliphatic carbocycles. The minimum atomic E-state index is -0.379. The van der Waals surface area contributed by atoms with Gasteiger partial charge in [-0.25, -0.2) is 9.59 Å². The molecule has 0 spiro atoms. The van der Waals surface area contributed by atoms with Crippen LogP contribution in [-0.4, -0.2) is 51.6 Å². The van der Waals surface area contributed by atoms with Crippen molar-refractivity contribution in [3.05, 3.63) is 20.9 Å². The lowest BCUT2D eigenvalue weighted by molar-refractivity contribution is 0.136. The molecule has 1 fully saturated rings. The summed E-state index contributed by atoms with van der Waals surface area (Å²) in [7, 11) is 0. The van der Waals surface area contributed by atoms with E-state index < -0.39 is 0 Å². The van der Waals surface area contributed by atoms with Crippen molar-refractivity contribution in [3.63, 3.8) is 0 Å². The highest BCUT2D eigenvalue weighted by atomic mass is 16.6. The fourth-order valence-corrected chi connectivity index (χ4v) is 4.03. The van der Waals surface area contributed by atoms with Gasteiger partial charge in [0.2, 0.25) is 0 Å². The maximum Gasteiger partial charge on any atom is 0.407 e. The predicted molar refractivity (Wildman–Crippen MR) is 129 cm³/mol. The summed E-state index contributed by atoms with van der Waals surface area (Å²) in [6.07, 6.45) is 10.5. The third kappa shape index (κ3) is 16.7. The molecule has 2 N–H and O–H groups in total. The molecule has 2 unspecified atom stereocenters. The molecule has 2 amide bonds. The van der Waals surface area contributed by atoms with E-state index in [4.69, 9.17) is 20.5 Å². The molecule has 2 atom stereocenters. The van der Waals surface area contributed by atoms with Crippen molar-refractivity contribution in [2.75, 3.05) is 39.4 Å². The van der Waals surface area contributed by atoms with Crippen molar-refractivity contribution < 1.29 is 19.1 Å². The zero-order valence-electron chi connectivity index (χ0n) is 20.2. The normalized spacial score (nSPS) is 17.1. The number of unbranched alkanes of at least 4 members (excludes halogenated alkanes) is 6. The predicted octanol–water partition coefficient (Wildman–Crippen LogP) is 5.99. The fraction of sp³-hybridized carbons (Fsp3) is 0.909. The van der Waals surface area contributed by atoms with Gasteiger partial charge in [0, 0.05) is 36.0 Å². The number of azide groups is 2. The van der Waals surface area contributed by atoms with Gasteiger partial charge in [0.05, 0.1) is 13.2 Å². The Labute approximate surface area is 201 Å². The van der Waals surface area contributed by atoms with E-state index in [0.29, 0.717) is 51.2 Å². The number of nitrogens with zero attached hydrogens (tertiary/aromatic N) is 6. The summed E-state index contributed by atoms with van der Waals surface area (Å²) >= 11 is 0. The van der Waals surface area contributed by atoms with E-state index in [-0.39, 0.29) is 12.2 Å². The Hall–Kier alpha value is -2.84. The fourth-order valence-electron chi connectivity index (χ4n) is 4.03. The van der Waals surface area contributed by atoms with Crippen LogP contribution in [0.3, 0.4) is 0 Å². The van der Waals surface area contributed by atoms with Gasteiger partial charge in [-0.15, -0.1) is 0 Å². The first kappa shape index (κ1) is 29.2. The van der Waals surface area contributed by atoms with Crippen LogP contribution in [0.15, 0.2) is 10.2 Å². The second kappa shape index (κ2) is 20.7. The second-order valence-electron chi connectivity index (χ2n) is 8.67. The van der Waals surface area contributed by atoms with E-state index in [0.717, 1.165) is 77.0 Å². The molecule has 0 saturated heterocycles. The Kier molecular flexibility index (Phi) is 17.8. The first-order chi connectivity index (χ1) is 16.7. The first-order valence-corrected chi connectivity index (χ1v) is 12.5. The quantitative estimate of drug-likeness (QED) is 0.106. The van der Waals surface area contributed by atoms with Gasteiger partial charge < -0.3 is 20.1 Å². The molecule has 0 aliphatic heterocycles. The van der Waals surface area contributed by atoms with E-state index >= 15 is 0 Å². The van der Waals surface area contributed by atoms with Crippen LogP contribution in [0.1, 0.15) is 77.0 Å². The van der Waals surface area contributed by atoms with E-state index in [1.54, 1.807) is 0 Å². The van der Waals surface area contributed by atoms with Crippen LogP contribution in [0.4, 0.5) is 9.59 Å². The maximum atomic E-state index is 11.9. The molecule has 12 nitrogen and oxygen atoms in total. The minimum absolute atomic E-state index is 0.379. The summed E-state index contributed by atoms with van der Waals surface area (Å²) < 4.78 is 10.4. The van der Waals surface area contributed by atoms with Crippen LogP contribution in [0.5, 0.6) is 0 Å². The number of hydrogen-bond acceptors (Lipinski definition) is 6. The average Bonchev–Trinajstić information content (AvgIpc) is 2.85. The molecule has 12 heteroatoms. The van der Waals surface area contributed by atoms with Gasteiger partial charge in [-0.1, -0.05) is 42.3 Å². The molecule has 0 heterocycles. The van der Waals surface area contributed by atoms with Gasteiger partial charge >= 0.3 is 12.2 Å². The SMILES string of the molecule is [N-]=[N+]=NCCCCCCOC(=O)NCC1CCCC(CNC(=O)OCCCCCCN=[N+]=[N-])C1. The Morgan fingerprint density at radius 2 is 1.18 bits per heavy atom. The van der Waals surface area contributed by atoms with Crippen LogP contribution in [0, 0.1) is 11.8 Å². The number of carbonyl (C=O) groups is 2. The maximum absolute atomic E-state index is 11.9. The zero-order chi connectivity index (χ0) is 24.7. The molecule has 0 aromatic carbocycles. The van der Waals surface area contributed by atoms with E-state index in [1.165, 1.54) is 0 Å². The highest BCUT2D eigenvalue weighted by Gasteiger charge is 2.23. The molecule has 1 saturated carbocycles. The van der Waals surface area contributed by atoms with Crippen molar-refractivity contribution in [2.24, 2.45) is 22.1 Å². The van der Waals surface area contributed by atoms with E-state index in [1.807, 2.05) is 0 Å². The number of amides is 2. The standard InChI is InChI=1S/C22H40N8O4/c23-29-27-12-5-1-3-7-14-33-21(31)25-17-19-10-9-11-20(16-19)18-26-22(32)34-15-8-4-2-6-13-28-30-24/h19-20H,1-18H2,(H,25,31)(H,26,32). The molecule has 0 radical (unpaired) electrons. The summed E-state index contributed by atoms with van der Waals surface area (Å²) in [5.41, 5.74) is 16.4. The summed E-state index contributed by atoms with van der Waals surface area (Å²) in [6, 6.07) is 0. The Bertz CT molecular complexity index is 611. The molecule has 34 heavy (non-hydrogen) atoms. The van der Waals surface area contributed by atoms with Gasteiger partial charge in [-0.2, -0.15) is 0 Å². The molecular formula is C22H40N8O4. The monoisotopic (exact) mass is 480 g/mol. The highest BCUT2D eigenvalue weighted by molar-refractivity contribution is 5.67. The zero-order valence-corrected chi connectivity index (χ0v) is 20.2. The van der Waals surface area contributed by atoms with Crippen molar-refractivity contribution in [2.45, 2.75) is 77.0 Å². The third-order valence-electron chi connectivity index (χ3n) is 5.86. The summed E-state index contributed by atoms with van der Waals surface area (Å²) in [6.45, 7) is 2.99. The molecular weight excluding hydrogens is 440 g/mol. The average molecular weight is 481 g/mol. The molecule has 0 aromatic rings. The summed E-state index contributed by atoms with van der Waals surface area (Å²) in [5.74, 6) is 0.769. The smallest absolute Gasteiger partial charge is 0.407 e. The molecule has 192 valence electrons. The lowest BCUT2D eigenvalue weighted by Gasteiger charge is -2.29. The third-order valence-corrected chi connectivity index (χ3v) is 5.86. The van der Waals surface area contributed by atoms with Crippen molar-refractivity contribution in [1.29, 1.82) is 0 Å². The van der Waals surface area contributed by atoms with Crippen LogP contribution in [-0.2, 0) is 9.47 Å². The number of alkyl carbamates (subject to hydrolysis) is 2. The number of ether oxygens (including phenoxy) is 2. The first-order valence-electron chi connectivity index (χ1n) is 12.5. The summed E-state index contributed by atoms with van der Waals surface area (Å²) in [4.78, 5) is 29.2. The van der Waals surface area contributed by atoms with Gasteiger partial charge in [-0.05, 0) is 67.8 Å². The molecule has 1 aliphatic rings. The molecule has 1 rings (SSSR count). The van der Waals surface area contributed by atoms with Crippen molar-refractivity contribution in [1.82, 2.24) is 10.6 Å². The van der Waals surface area contributed by atoms with Crippen LogP contribution in [0.25, 0.3) is 20.9 Å². The van der Waals surface area contributed by atoms with Crippen molar-refractivity contribution in [3.8, 4) is 0 Å². The van der Waals surface area contributed by atoms with Gasteiger partial charge in [-0.3, -0.25) is 0 Å². The van der Waals surface area contributed by atoms with E-state index in [9.17, 15) is 9.59 Å². The molecule has 0 bridgehead atoms. The van der Waals surface area contributed by atoms with Crippen LogP contribution >= 0.6 is 0 Å². The molecule has 0 aromatic heterocycles. The van der Waals surface area contributed by atoms with E-state index in [2.05, 4.69) is 30.7 Å². The number of hydrogen-bond donors (Lipinski definition) is 2. The van der Waals surface area contributed by atoms with Crippen LogP contribution < -0.4 is 10.6 Å². The Balaban J connectivity index is 2.03. The minimum Gasteiger partial charge on any atom is -0.450 e. The topological polar surface area (TPSA) is 174 Å². The lowest BCUT2D eigenvalue weighted by atomic mass is 9.81. The number of nitrogens with one attached hydrogen (secondary N) is 2. The Morgan fingerprint density at radius 3 is 1.62 bits per heavy atom. The summed E-state index contributed by atoms with van der Waals surface area (Å²) in [5, 5.41) is 12.7. The largest absolute Gasteiger partial charge is 0.450 e. The van der Waals surface area contributed by atoms with Gasteiger partial charge in [0.25, 0.3) is 0 Å². The van der Waals surface area contributed by atoms with Gasteiger partial charge in [0.15, 0.2) is 0 Å². The number of carbonyl (C=O) groups excluding carboxylic acids is 2. The lowest BCUT2D eigenvalue weighted by Crippen LogP contribution is -2.36. The highest BCUT2D eigenvalue weighted by Crippen LogP contribution is 2.28. The number of rotatable bonds is 18. The van der Waals surface area contributed by atoms with Crippen LogP contribution in [0.2, 0.25) is 0 Å². The van der Waals surface area contributed by atoms with Gasteiger partial charge in [0.1, 0.15) is 0 Å². The second-order valence-corrected chi connectivity index (χ2v) is 8.67.